The van der Waals surface area contributed by atoms with Crippen LogP contribution in [-0.2, 0) is 6.54 Å². The van der Waals surface area contributed by atoms with Crippen molar-refractivity contribution in [3.8, 4) is 22.6 Å². The molecule has 6 rings (SSSR count). The number of likely N-dealkylation sites (tertiary alicyclic amines) is 1. The molecule has 1 saturated heterocycles. The third-order valence-electron chi connectivity index (χ3n) is 7.50. The van der Waals surface area contributed by atoms with Crippen LogP contribution in [0.3, 0.4) is 0 Å². The number of pyridine rings is 2. The predicted molar refractivity (Wildman–Crippen MR) is 144 cm³/mol. The van der Waals surface area contributed by atoms with Gasteiger partial charge in [0, 0.05) is 36.1 Å². The smallest absolute Gasteiger partial charge is 0.161 e. The van der Waals surface area contributed by atoms with Crippen LogP contribution >= 0.6 is 0 Å². The van der Waals surface area contributed by atoms with E-state index in [2.05, 4.69) is 71.5 Å². The van der Waals surface area contributed by atoms with Gasteiger partial charge in [-0.25, -0.2) is 4.98 Å². The molecule has 184 valence electrons. The van der Waals surface area contributed by atoms with Crippen molar-refractivity contribution in [2.45, 2.75) is 45.7 Å². The van der Waals surface area contributed by atoms with Crippen LogP contribution in [0.4, 0.5) is 11.5 Å². The number of rotatable bonds is 5. The van der Waals surface area contributed by atoms with E-state index in [0.717, 1.165) is 63.7 Å². The first kappa shape index (κ1) is 22.8. The molecule has 36 heavy (non-hydrogen) atoms. The van der Waals surface area contributed by atoms with Crippen LogP contribution in [0, 0.1) is 6.92 Å². The lowest BCUT2D eigenvalue weighted by atomic mass is 9.98. The summed E-state index contributed by atoms with van der Waals surface area (Å²) in [6.07, 6.45) is 7.68. The average molecular weight is 481 g/mol. The van der Waals surface area contributed by atoms with Gasteiger partial charge in [-0.1, -0.05) is 24.6 Å². The number of hydrogen-bond donors (Lipinski definition) is 1. The summed E-state index contributed by atoms with van der Waals surface area (Å²) >= 11 is 0. The molecule has 0 saturated carbocycles. The molecule has 6 heteroatoms. The number of fused-ring (bicyclic) bond motifs is 2. The van der Waals surface area contributed by atoms with Gasteiger partial charge in [0.25, 0.3) is 0 Å². The number of anilines is 2. The molecule has 2 aromatic carbocycles. The van der Waals surface area contributed by atoms with E-state index >= 15 is 0 Å². The molecular formula is C30H32N4O2. The molecule has 0 amide bonds. The van der Waals surface area contributed by atoms with E-state index in [-0.39, 0.29) is 0 Å². The second-order valence-corrected chi connectivity index (χ2v) is 9.80. The number of ether oxygens (including phenoxy) is 2. The summed E-state index contributed by atoms with van der Waals surface area (Å²) in [7, 11) is 0. The maximum absolute atomic E-state index is 5.81. The SMILES string of the molecule is Cc1c(Nc2nccc3c(CN4CCCCC4C)ccnc23)cccc1-c1ccc2c(c1)OCCO2. The first-order valence-corrected chi connectivity index (χ1v) is 12.9. The molecule has 4 heterocycles. The van der Waals surface area contributed by atoms with Gasteiger partial charge in [-0.05, 0) is 85.8 Å². The van der Waals surface area contributed by atoms with Gasteiger partial charge < -0.3 is 14.8 Å². The van der Waals surface area contributed by atoms with Crippen LogP contribution < -0.4 is 14.8 Å². The van der Waals surface area contributed by atoms with E-state index in [9.17, 15) is 0 Å². The maximum Gasteiger partial charge on any atom is 0.161 e. The predicted octanol–water partition coefficient (Wildman–Crippen LogP) is 6.49. The van der Waals surface area contributed by atoms with Crippen molar-refractivity contribution in [3.63, 3.8) is 0 Å². The number of piperidine rings is 1. The molecule has 1 unspecified atom stereocenters. The Morgan fingerprint density at radius 3 is 2.72 bits per heavy atom. The lowest BCUT2D eigenvalue weighted by molar-refractivity contribution is 0.153. The second kappa shape index (κ2) is 9.78. The Bertz CT molecular complexity index is 1400. The number of nitrogens with zero attached hydrogens (tertiary/aromatic N) is 3. The van der Waals surface area contributed by atoms with Crippen molar-refractivity contribution < 1.29 is 9.47 Å². The fourth-order valence-corrected chi connectivity index (χ4v) is 5.40. The highest BCUT2D eigenvalue weighted by molar-refractivity contribution is 5.92. The van der Waals surface area contributed by atoms with Crippen molar-refractivity contribution in [2.24, 2.45) is 0 Å². The zero-order valence-corrected chi connectivity index (χ0v) is 21.0. The first-order valence-electron chi connectivity index (χ1n) is 12.9. The van der Waals surface area contributed by atoms with Crippen molar-refractivity contribution >= 4 is 22.4 Å². The normalized spacial score (nSPS) is 17.8. The third-order valence-corrected chi connectivity index (χ3v) is 7.50. The zero-order valence-electron chi connectivity index (χ0n) is 21.0. The summed E-state index contributed by atoms with van der Waals surface area (Å²) in [6, 6.07) is 17.3. The monoisotopic (exact) mass is 480 g/mol. The molecule has 1 N–H and O–H groups in total. The van der Waals surface area contributed by atoms with Gasteiger partial charge in [-0.3, -0.25) is 9.88 Å². The lowest BCUT2D eigenvalue weighted by Gasteiger charge is -2.33. The summed E-state index contributed by atoms with van der Waals surface area (Å²) in [5, 5.41) is 4.74. The highest BCUT2D eigenvalue weighted by Crippen LogP contribution is 2.37. The molecule has 4 aromatic rings. The van der Waals surface area contributed by atoms with Crippen LogP contribution in [0.25, 0.3) is 22.0 Å². The summed E-state index contributed by atoms with van der Waals surface area (Å²) in [4.78, 5) is 12.0. The molecule has 1 atom stereocenters. The van der Waals surface area contributed by atoms with E-state index in [1.165, 1.54) is 24.8 Å². The van der Waals surface area contributed by atoms with Crippen molar-refractivity contribution in [1.29, 1.82) is 0 Å². The van der Waals surface area contributed by atoms with E-state index in [0.29, 0.717) is 19.3 Å². The molecule has 0 spiro atoms. The Balaban J connectivity index is 1.32. The van der Waals surface area contributed by atoms with Crippen LogP contribution in [0.2, 0.25) is 0 Å². The number of nitrogens with one attached hydrogen (secondary N) is 1. The summed E-state index contributed by atoms with van der Waals surface area (Å²) in [6.45, 7) is 7.76. The highest BCUT2D eigenvalue weighted by atomic mass is 16.6. The van der Waals surface area contributed by atoms with Crippen LogP contribution in [0.5, 0.6) is 11.5 Å². The van der Waals surface area contributed by atoms with Gasteiger partial charge >= 0.3 is 0 Å². The minimum Gasteiger partial charge on any atom is -0.486 e. The van der Waals surface area contributed by atoms with Gasteiger partial charge in [-0.2, -0.15) is 0 Å². The minimum atomic E-state index is 0.579. The molecule has 0 bridgehead atoms. The van der Waals surface area contributed by atoms with Gasteiger partial charge in [0.2, 0.25) is 0 Å². The van der Waals surface area contributed by atoms with E-state index in [4.69, 9.17) is 14.5 Å². The van der Waals surface area contributed by atoms with Crippen LogP contribution in [0.1, 0.15) is 37.3 Å². The van der Waals surface area contributed by atoms with E-state index < -0.39 is 0 Å². The third kappa shape index (κ3) is 4.37. The summed E-state index contributed by atoms with van der Waals surface area (Å²) < 4.78 is 11.5. The molecule has 0 radical (unpaired) electrons. The fraction of sp³-hybridized carbons (Fsp3) is 0.333. The van der Waals surface area contributed by atoms with Crippen molar-refractivity contribution in [2.75, 3.05) is 25.1 Å². The summed E-state index contributed by atoms with van der Waals surface area (Å²) in [5.41, 5.74) is 6.61. The van der Waals surface area contributed by atoms with Gasteiger partial charge in [0.15, 0.2) is 17.3 Å². The minimum absolute atomic E-state index is 0.579. The second-order valence-electron chi connectivity index (χ2n) is 9.80. The van der Waals surface area contributed by atoms with Crippen LogP contribution in [0.15, 0.2) is 60.9 Å². The van der Waals surface area contributed by atoms with E-state index in [1.807, 2.05) is 18.5 Å². The molecule has 6 nitrogen and oxygen atoms in total. The molecule has 2 aliphatic heterocycles. The Morgan fingerprint density at radius 1 is 0.972 bits per heavy atom. The molecular weight excluding hydrogens is 448 g/mol. The quantitative estimate of drug-likeness (QED) is 0.352. The Hall–Kier alpha value is -3.64. The zero-order chi connectivity index (χ0) is 24.5. The number of hydrogen-bond acceptors (Lipinski definition) is 6. The van der Waals surface area contributed by atoms with Crippen LogP contribution in [-0.4, -0.2) is 40.7 Å². The first-order chi connectivity index (χ1) is 17.7. The molecule has 1 fully saturated rings. The Labute approximate surface area is 212 Å². The number of aromatic nitrogens is 2. The van der Waals surface area contributed by atoms with E-state index in [1.54, 1.807) is 0 Å². The molecule has 0 aliphatic carbocycles. The summed E-state index contributed by atoms with van der Waals surface area (Å²) in [5.74, 6) is 2.38. The van der Waals surface area contributed by atoms with Gasteiger partial charge in [0.05, 0.1) is 0 Å². The topological polar surface area (TPSA) is 59.5 Å². The fourth-order valence-electron chi connectivity index (χ4n) is 5.40. The molecule has 2 aromatic heterocycles. The standard InChI is InChI=1S/C30H32N4O2/c1-20-6-3-4-15-34(20)19-23-11-13-31-29-25(23)12-14-32-30(29)33-26-8-5-7-24(21(26)2)22-9-10-27-28(18-22)36-17-16-35-27/h5,7-14,18,20H,3-4,6,15-17,19H2,1-2H3,(H,32,33). The Kier molecular flexibility index (Phi) is 6.20. The highest BCUT2D eigenvalue weighted by Gasteiger charge is 2.20. The average Bonchev–Trinajstić information content (AvgIpc) is 2.91. The Morgan fingerprint density at radius 2 is 1.83 bits per heavy atom. The van der Waals surface area contributed by atoms with Gasteiger partial charge in [0.1, 0.15) is 18.7 Å². The molecule has 2 aliphatic rings. The van der Waals surface area contributed by atoms with Crippen molar-refractivity contribution in [1.82, 2.24) is 14.9 Å². The van der Waals surface area contributed by atoms with Gasteiger partial charge in [-0.15, -0.1) is 0 Å². The van der Waals surface area contributed by atoms with Crippen molar-refractivity contribution in [3.05, 3.63) is 72.1 Å². The largest absolute Gasteiger partial charge is 0.486 e. The maximum atomic E-state index is 5.81. The lowest BCUT2D eigenvalue weighted by Crippen LogP contribution is -2.36. The number of benzene rings is 2.